The van der Waals surface area contributed by atoms with Gasteiger partial charge in [-0.2, -0.15) is 0 Å². The van der Waals surface area contributed by atoms with Gasteiger partial charge in [0.2, 0.25) is 0 Å². The van der Waals surface area contributed by atoms with E-state index in [9.17, 15) is 60.3 Å². The summed E-state index contributed by atoms with van der Waals surface area (Å²) in [6.45, 7) is 0. The third-order valence-corrected chi connectivity index (χ3v) is 3.12. The van der Waals surface area contributed by atoms with E-state index in [1.54, 1.807) is 0 Å². The monoisotopic (exact) mass is 556 g/mol. The molecule has 0 aliphatic carbocycles. The van der Waals surface area contributed by atoms with E-state index in [4.69, 9.17) is 19.4 Å². The molecule has 2 aromatic rings. The minimum atomic E-state index is -1.71. The predicted octanol–water partition coefficient (Wildman–Crippen LogP) is 1.11. The van der Waals surface area contributed by atoms with Crippen molar-refractivity contribution in [2.75, 3.05) is 0 Å². The summed E-state index contributed by atoms with van der Waals surface area (Å²) in [6.07, 6.45) is 0. The Balaban J connectivity index is 0.000000555. The molecule has 0 atom stereocenters. The first-order valence-corrected chi connectivity index (χ1v) is 15.5. The number of rotatable bonds is 6. The molecule has 0 N–H and O–H groups in total. The standard InChI is InChI=1S/2C7H4N2O6.2ClH.Zn/c2*10-7(11)4-1-5(8(12)13)3-6(2-4)9(14)15;;;/h2*1-3H,(H,10,11);2*1H;/q;;;;+2/p-4. The molecular formula is C14H6Cl2N4O12Zn-2. The van der Waals surface area contributed by atoms with Crippen molar-refractivity contribution in [1.82, 2.24) is 0 Å². The van der Waals surface area contributed by atoms with Crippen LogP contribution < -0.4 is 10.2 Å². The number of nitro groups is 4. The summed E-state index contributed by atoms with van der Waals surface area (Å²) in [5.41, 5.74) is -3.86. The van der Waals surface area contributed by atoms with Crippen molar-refractivity contribution in [2.24, 2.45) is 0 Å². The first kappa shape index (κ1) is 29.2. The summed E-state index contributed by atoms with van der Waals surface area (Å²) < 4.78 is 0. The van der Waals surface area contributed by atoms with Crippen molar-refractivity contribution in [1.29, 1.82) is 0 Å². The average molecular weight is 559 g/mol. The zero-order valence-corrected chi connectivity index (χ0v) is 20.1. The summed E-state index contributed by atoms with van der Waals surface area (Å²) in [5, 5.41) is 62.1. The summed E-state index contributed by atoms with van der Waals surface area (Å²) in [4.78, 5) is 58.4. The second-order valence-corrected chi connectivity index (χ2v) is 9.80. The SMILES string of the molecule is O=C([O-])c1cc([N+](=O)[O-])cc([N+](=O)[O-])c1.O=C([O-])c1cc([N+](=O)[O-])cc([N+](=O)[O-])c1.[Cl][Zn][Cl]. The molecule has 0 spiro atoms. The number of nitrogens with zero attached hydrogens (tertiary/aromatic N) is 4. The van der Waals surface area contributed by atoms with Gasteiger partial charge >= 0.3 is 34.5 Å². The van der Waals surface area contributed by atoms with E-state index in [0.717, 1.165) is 0 Å². The van der Waals surface area contributed by atoms with Gasteiger partial charge in [-0.3, -0.25) is 40.5 Å². The molecule has 16 nitrogen and oxygen atoms in total. The Bertz CT molecular complexity index is 870. The normalized spacial score (nSPS) is 9.03. The van der Waals surface area contributed by atoms with Gasteiger partial charge in [0.1, 0.15) is 0 Å². The molecule has 172 valence electrons. The molecule has 0 amide bonds. The molecule has 0 aliphatic rings. The quantitative estimate of drug-likeness (QED) is 0.274. The Morgan fingerprint density at radius 1 is 0.576 bits per heavy atom. The van der Waals surface area contributed by atoms with Gasteiger partial charge in [-0.05, 0) is 0 Å². The number of hydrogen-bond acceptors (Lipinski definition) is 12. The van der Waals surface area contributed by atoms with Gasteiger partial charge in [-0.15, -0.1) is 0 Å². The molecule has 0 aromatic heterocycles. The fraction of sp³-hybridized carbons (Fsp3) is 0. The summed E-state index contributed by atoms with van der Waals surface area (Å²) >= 11 is -0.931. The fourth-order valence-corrected chi connectivity index (χ4v) is 1.85. The molecule has 0 bridgehead atoms. The fourth-order valence-electron chi connectivity index (χ4n) is 1.85. The molecule has 2 aromatic carbocycles. The van der Waals surface area contributed by atoms with Crippen LogP contribution in [0.25, 0.3) is 0 Å². The van der Waals surface area contributed by atoms with Crippen LogP contribution in [-0.2, 0) is 15.1 Å². The van der Waals surface area contributed by atoms with Crippen LogP contribution in [-0.4, -0.2) is 31.6 Å². The maximum absolute atomic E-state index is 10.4. The second kappa shape index (κ2) is 13.6. The minimum absolute atomic E-state index is 0.601. The van der Waals surface area contributed by atoms with Crippen LogP contribution in [0.4, 0.5) is 22.7 Å². The first-order valence-electron chi connectivity index (χ1n) is 7.67. The van der Waals surface area contributed by atoms with Crippen molar-refractivity contribution in [3.05, 3.63) is 88.0 Å². The number of benzene rings is 2. The molecule has 0 radical (unpaired) electrons. The van der Waals surface area contributed by atoms with Crippen molar-refractivity contribution in [3.63, 3.8) is 0 Å². The number of halogens is 2. The Hall–Kier alpha value is -3.82. The second-order valence-electron chi connectivity index (χ2n) is 5.18. The van der Waals surface area contributed by atoms with E-state index in [-0.39, 0.29) is 0 Å². The topological polar surface area (TPSA) is 253 Å². The molecule has 2 rings (SSSR count). The first-order chi connectivity index (χ1) is 15.2. The van der Waals surface area contributed by atoms with Crippen LogP contribution in [0.15, 0.2) is 36.4 Å². The van der Waals surface area contributed by atoms with Gasteiger partial charge in [0.05, 0.1) is 43.8 Å². The van der Waals surface area contributed by atoms with Crippen LogP contribution in [0.1, 0.15) is 20.7 Å². The van der Waals surface area contributed by atoms with Crippen LogP contribution in [0.3, 0.4) is 0 Å². The van der Waals surface area contributed by atoms with Gasteiger partial charge in [-0.1, -0.05) is 0 Å². The molecule has 0 heterocycles. The van der Waals surface area contributed by atoms with E-state index < -0.39 is 80.7 Å². The van der Waals surface area contributed by atoms with Crippen LogP contribution in [0, 0.1) is 40.5 Å². The van der Waals surface area contributed by atoms with Crippen LogP contribution in [0.5, 0.6) is 0 Å². The zero-order valence-electron chi connectivity index (χ0n) is 15.6. The Morgan fingerprint density at radius 3 is 0.879 bits per heavy atom. The molecule has 0 aliphatic heterocycles. The Labute approximate surface area is 196 Å². The van der Waals surface area contributed by atoms with Gasteiger partial charge in [-0.25, -0.2) is 0 Å². The summed E-state index contributed by atoms with van der Waals surface area (Å²) in [7, 11) is 9.90. The van der Waals surface area contributed by atoms with Gasteiger partial charge in [0, 0.05) is 35.4 Å². The number of aromatic carboxylic acids is 2. The van der Waals surface area contributed by atoms with Crippen molar-refractivity contribution in [3.8, 4) is 0 Å². The number of carbonyl (C=O) groups excluding carboxylic acids is 2. The molecule has 0 fully saturated rings. The average Bonchev–Trinajstić information content (AvgIpc) is 2.73. The number of carboxylic acids is 2. The van der Waals surface area contributed by atoms with Gasteiger partial charge in [0.15, 0.2) is 0 Å². The molecule has 19 heteroatoms. The summed E-state index contributed by atoms with van der Waals surface area (Å²) in [5.74, 6) is -3.41. The number of nitro benzene ring substituents is 4. The third-order valence-electron chi connectivity index (χ3n) is 3.12. The maximum atomic E-state index is 10.4. The predicted molar refractivity (Wildman–Crippen MR) is 99.9 cm³/mol. The van der Waals surface area contributed by atoms with Crippen molar-refractivity contribution < 1.29 is 54.6 Å². The zero-order chi connectivity index (χ0) is 25.9. The number of hydrogen-bond donors (Lipinski definition) is 0. The van der Waals surface area contributed by atoms with Gasteiger partial charge < -0.3 is 19.8 Å². The van der Waals surface area contributed by atoms with Crippen molar-refractivity contribution in [2.45, 2.75) is 0 Å². The van der Waals surface area contributed by atoms with Crippen LogP contribution >= 0.6 is 19.4 Å². The van der Waals surface area contributed by atoms with E-state index in [1.165, 1.54) is 0 Å². The molecule has 0 saturated carbocycles. The molecular weight excluding hydrogens is 552 g/mol. The third kappa shape index (κ3) is 9.90. The molecule has 0 unspecified atom stereocenters. The van der Waals surface area contributed by atoms with Crippen LogP contribution in [0.2, 0.25) is 0 Å². The Kier molecular flexibility index (Phi) is 12.0. The van der Waals surface area contributed by atoms with E-state index in [0.29, 0.717) is 36.4 Å². The molecule has 33 heavy (non-hydrogen) atoms. The number of non-ortho nitro benzene ring substituents is 4. The number of carboxylic acid groups (broad SMARTS) is 2. The van der Waals surface area contributed by atoms with Gasteiger partial charge in [0.25, 0.3) is 22.7 Å². The molecule has 0 saturated heterocycles. The van der Waals surface area contributed by atoms with E-state index in [2.05, 4.69) is 0 Å². The Morgan fingerprint density at radius 2 is 0.758 bits per heavy atom. The number of carbonyl (C=O) groups is 2. The van der Waals surface area contributed by atoms with E-state index >= 15 is 0 Å². The summed E-state index contributed by atoms with van der Waals surface area (Å²) in [6, 6.07) is 4.13. The van der Waals surface area contributed by atoms with E-state index in [1.807, 2.05) is 0 Å². The van der Waals surface area contributed by atoms with Crippen molar-refractivity contribution >= 4 is 54.1 Å².